The van der Waals surface area contributed by atoms with E-state index in [2.05, 4.69) is 4.98 Å². The fraction of sp³-hybridized carbons (Fsp3) is 0.0588. The summed E-state index contributed by atoms with van der Waals surface area (Å²) in [7, 11) is 0. The number of hydrogen-bond acceptors (Lipinski definition) is 7. The minimum absolute atomic E-state index is 0.0259. The number of phenols is 2. The molecule has 1 aromatic carbocycles. The van der Waals surface area contributed by atoms with Crippen LogP contribution in [0.25, 0.3) is 22.5 Å². The molecular weight excluding hydrogens is 380 g/mol. The van der Waals surface area contributed by atoms with Crippen LogP contribution < -0.4 is 0 Å². The molecule has 0 spiro atoms. The summed E-state index contributed by atoms with van der Waals surface area (Å²) in [6.45, 7) is 1.71. The second-order valence-electron chi connectivity index (χ2n) is 5.57. The topological polar surface area (TPSA) is 147 Å². The lowest BCUT2D eigenvalue weighted by Crippen LogP contribution is -2.00. The van der Waals surface area contributed by atoms with Gasteiger partial charge in [0, 0.05) is 17.3 Å². The number of aromatic hydroxyl groups is 2. The Morgan fingerprint density at radius 3 is 2.56 bits per heavy atom. The van der Waals surface area contributed by atoms with Gasteiger partial charge in [0.2, 0.25) is 5.75 Å². The summed E-state index contributed by atoms with van der Waals surface area (Å²) in [6, 6.07) is 5.09. The van der Waals surface area contributed by atoms with Crippen molar-refractivity contribution in [2.24, 2.45) is 0 Å². The van der Waals surface area contributed by atoms with Gasteiger partial charge >= 0.3 is 11.7 Å². The summed E-state index contributed by atoms with van der Waals surface area (Å²) in [5.74, 6) is -3.16. The highest BCUT2D eigenvalue weighted by Gasteiger charge is 2.27. The molecule has 10 heteroatoms. The van der Waals surface area contributed by atoms with Gasteiger partial charge in [-0.1, -0.05) is 11.6 Å². The summed E-state index contributed by atoms with van der Waals surface area (Å²) < 4.78 is 5.37. The molecule has 0 aliphatic rings. The van der Waals surface area contributed by atoms with Crippen LogP contribution >= 0.6 is 11.6 Å². The van der Waals surface area contributed by atoms with Gasteiger partial charge in [-0.05, 0) is 30.7 Å². The molecule has 0 bridgehead atoms. The first-order chi connectivity index (χ1) is 12.7. The second kappa shape index (κ2) is 6.61. The number of rotatable bonds is 4. The summed E-state index contributed by atoms with van der Waals surface area (Å²) in [6.07, 6.45) is 1.07. The van der Waals surface area contributed by atoms with Crippen LogP contribution in [0.15, 0.2) is 34.9 Å². The van der Waals surface area contributed by atoms with Crippen LogP contribution in [0.4, 0.5) is 5.69 Å². The maximum atomic E-state index is 11.8. The first-order valence-electron chi connectivity index (χ1n) is 7.39. The van der Waals surface area contributed by atoms with E-state index in [9.17, 15) is 30.2 Å². The summed E-state index contributed by atoms with van der Waals surface area (Å²) >= 11 is 6.08. The predicted octanol–water partition coefficient (Wildman–Crippen LogP) is 3.99. The number of carbonyl (C=O) groups is 1. The lowest BCUT2D eigenvalue weighted by molar-refractivity contribution is -0.385. The largest absolute Gasteiger partial charge is 0.504 e. The van der Waals surface area contributed by atoms with E-state index >= 15 is 0 Å². The number of carboxylic acids is 1. The van der Waals surface area contributed by atoms with Gasteiger partial charge < -0.3 is 19.7 Å². The van der Waals surface area contributed by atoms with E-state index < -0.39 is 28.1 Å². The highest BCUT2D eigenvalue weighted by molar-refractivity contribution is 6.32. The Hall–Kier alpha value is -3.59. The summed E-state index contributed by atoms with van der Waals surface area (Å²) in [5, 5.41) is 40.1. The molecule has 0 amide bonds. The number of hydrogen-bond donors (Lipinski definition) is 3. The van der Waals surface area contributed by atoms with Crippen LogP contribution in [0.2, 0.25) is 5.15 Å². The fourth-order valence-electron chi connectivity index (χ4n) is 2.57. The number of phenolic OH excluding ortho intramolecular Hbond substituents is 2. The molecule has 0 radical (unpaired) electrons. The molecule has 2 heterocycles. The zero-order chi connectivity index (χ0) is 19.9. The molecule has 3 aromatic rings. The Bertz CT molecular complexity index is 1090. The van der Waals surface area contributed by atoms with Gasteiger partial charge in [-0.25, -0.2) is 9.78 Å². The third-order valence-corrected chi connectivity index (χ3v) is 4.10. The van der Waals surface area contributed by atoms with Gasteiger partial charge in [-0.3, -0.25) is 10.1 Å². The number of pyridine rings is 1. The number of nitro benzene ring substituents is 1. The normalized spacial score (nSPS) is 10.7. The van der Waals surface area contributed by atoms with E-state index in [0.717, 1.165) is 18.4 Å². The number of carboxylic acid groups (broad SMARTS) is 1. The van der Waals surface area contributed by atoms with E-state index in [1.165, 1.54) is 6.07 Å². The number of aryl methyl sites for hydroxylation is 1. The average Bonchev–Trinajstić information content (AvgIpc) is 3.01. The zero-order valence-electron chi connectivity index (χ0n) is 13.6. The second-order valence-corrected chi connectivity index (χ2v) is 5.93. The molecule has 0 saturated heterocycles. The zero-order valence-corrected chi connectivity index (χ0v) is 14.4. The number of nitrogens with zero attached hydrogens (tertiary/aromatic N) is 2. The number of aromatic nitrogens is 1. The molecule has 9 nitrogen and oxygen atoms in total. The minimum Gasteiger partial charge on any atom is -0.504 e. The van der Waals surface area contributed by atoms with Crippen molar-refractivity contribution in [3.8, 4) is 33.9 Å². The molecular formula is C17H11ClN2O7. The highest BCUT2D eigenvalue weighted by atomic mass is 35.5. The monoisotopic (exact) mass is 390 g/mol. The lowest BCUT2D eigenvalue weighted by Gasteiger charge is -2.06. The summed E-state index contributed by atoms with van der Waals surface area (Å²) in [4.78, 5) is 26.0. The van der Waals surface area contributed by atoms with Gasteiger partial charge in [-0.2, -0.15) is 0 Å². The van der Waals surface area contributed by atoms with Crippen LogP contribution in [0.5, 0.6) is 11.5 Å². The van der Waals surface area contributed by atoms with Crippen molar-refractivity contribution in [1.29, 1.82) is 0 Å². The van der Waals surface area contributed by atoms with E-state index in [4.69, 9.17) is 16.0 Å². The highest BCUT2D eigenvalue weighted by Crippen LogP contribution is 2.43. The number of aromatic carboxylic acids is 1. The van der Waals surface area contributed by atoms with Gasteiger partial charge in [0.15, 0.2) is 11.5 Å². The minimum atomic E-state index is -1.37. The molecule has 0 unspecified atom stereocenters. The smallest absolute Gasteiger partial charge is 0.340 e. The van der Waals surface area contributed by atoms with Crippen molar-refractivity contribution in [2.75, 3.05) is 0 Å². The summed E-state index contributed by atoms with van der Waals surface area (Å²) in [5.41, 5.74) is -0.316. The predicted molar refractivity (Wildman–Crippen MR) is 94.1 cm³/mol. The molecule has 0 saturated carbocycles. The van der Waals surface area contributed by atoms with E-state index in [1.54, 1.807) is 13.0 Å². The van der Waals surface area contributed by atoms with Crippen LogP contribution in [0.3, 0.4) is 0 Å². The van der Waals surface area contributed by atoms with E-state index in [0.29, 0.717) is 5.69 Å². The first kappa shape index (κ1) is 18.2. The molecule has 2 aromatic heterocycles. The van der Waals surface area contributed by atoms with Crippen molar-refractivity contribution in [1.82, 2.24) is 4.98 Å². The van der Waals surface area contributed by atoms with Crippen LogP contribution in [-0.2, 0) is 0 Å². The van der Waals surface area contributed by atoms with E-state index in [-0.39, 0.29) is 33.2 Å². The Kier molecular flexibility index (Phi) is 4.46. The average molecular weight is 391 g/mol. The van der Waals surface area contributed by atoms with Gasteiger partial charge in [0.25, 0.3) is 0 Å². The first-order valence-corrected chi connectivity index (χ1v) is 7.77. The third kappa shape index (κ3) is 3.15. The van der Waals surface area contributed by atoms with Crippen molar-refractivity contribution < 1.29 is 29.5 Å². The molecule has 0 atom stereocenters. The molecule has 0 aliphatic carbocycles. The van der Waals surface area contributed by atoms with Crippen LogP contribution in [0, 0.1) is 17.0 Å². The molecule has 138 valence electrons. The van der Waals surface area contributed by atoms with Crippen molar-refractivity contribution in [3.05, 3.63) is 57.1 Å². The Balaban J connectivity index is 2.26. The quantitative estimate of drug-likeness (QED) is 0.262. The van der Waals surface area contributed by atoms with Crippen molar-refractivity contribution in [3.63, 3.8) is 0 Å². The third-order valence-electron chi connectivity index (χ3n) is 3.81. The number of benzene rings is 1. The maximum absolute atomic E-state index is 11.8. The van der Waals surface area contributed by atoms with Crippen LogP contribution in [-0.4, -0.2) is 31.2 Å². The molecule has 3 rings (SSSR count). The van der Waals surface area contributed by atoms with Crippen LogP contribution in [0.1, 0.15) is 16.1 Å². The number of furan rings is 1. The van der Waals surface area contributed by atoms with Crippen molar-refractivity contribution in [2.45, 2.75) is 6.92 Å². The number of halogens is 1. The van der Waals surface area contributed by atoms with Crippen molar-refractivity contribution >= 4 is 23.3 Å². The molecule has 3 N–H and O–H groups in total. The maximum Gasteiger partial charge on any atom is 0.340 e. The van der Waals surface area contributed by atoms with Gasteiger partial charge in [0.1, 0.15) is 10.7 Å². The lowest BCUT2D eigenvalue weighted by atomic mass is 9.99. The SMILES string of the molecule is Cc1ccc(-c2occ(-c3cc(O)c(O)c([N+](=O)[O-])c3)c2C(=O)O)c(Cl)n1. The number of nitro groups is 1. The fourth-order valence-corrected chi connectivity index (χ4v) is 2.86. The standard InChI is InChI=1S/C17H11ClN2O7/c1-7-2-3-9(16(18)19-7)15-13(17(23)24)10(6-27-15)8-4-11(20(25)26)14(22)12(21)5-8/h2-6,21-22H,1H3,(H,23,24). The van der Waals surface area contributed by atoms with Gasteiger partial charge in [0.05, 0.1) is 16.7 Å². The Morgan fingerprint density at radius 1 is 1.26 bits per heavy atom. The Morgan fingerprint density at radius 2 is 1.96 bits per heavy atom. The Labute approximate surface area is 156 Å². The molecule has 0 fully saturated rings. The molecule has 0 aliphatic heterocycles. The van der Waals surface area contributed by atoms with Gasteiger partial charge in [-0.15, -0.1) is 0 Å². The van der Waals surface area contributed by atoms with E-state index in [1.807, 2.05) is 0 Å². The molecule has 27 heavy (non-hydrogen) atoms.